The van der Waals surface area contributed by atoms with Gasteiger partial charge in [0.25, 0.3) is 0 Å². The van der Waals surface area contributed by atoms with Crippen LogP contribution in [0.25, 0.3) is 22.3 Å². The lowest BCUT2D eigenvalue weighted by Gasteiger charge is -2.14. The molecule has 0 aliphatic heterocycles. The van der Waals surface area contributed by atoms with Gasteiger partial charge in [0, 0.05) is 6.61 Å². The molecule has 204 valence electrons. The summed E-state index contributed by atoms with van der Waals surface area (Å²) in [6.45, 7) is 4.02. The zero-order valence-corrected chi connectivity index (χ0v) is 21.7. The van der Waals surface area contributed by atoms with Gasteiger partial charge in [-0.05, 0) is 53.4 Å². The normalized spacial score (nSPS) is 10.8. The van der Waals surface area contributed by atoms with Gasteiger partial charge < -0.3 is 9.47 Å². The first-order chi connectivity index (χ1) is 19.6. The molecule has 0 aliphatic rings. The summed E-state index contributed by atoms with van der Waals surface area (Å²) in [6.07, 6.45) is -0.391. The summed E-state index contributed by atoms with van der Waals surface area (Å²) >= 11 is 0. The molecule has 2 radical (unpaired) electrons. The van der Waals surface area contributed by atoms with E-state index in [0.29, 0.717) is 0 Å². The lowest BCUT2D eigenvalue weighted by atomic mass is 10.0. The average Bonchev–Trinajstić information content (AvgIpc) is 3.02. The van der Waals surface area contributed by atoms with Crippen molar-refractivity contribution in [2.24, 2.45) is 0 Å². The van der Waals surface area contributed by atoms with Gasteiger partial charge in [0.15, 0.2) is 0 Å². The molecule has 0 aliphatic carbocycles. The molecule has 0 N–H and O–H groups in total. The molecule has 0 spiro atoms. The molecule has 4 aromatic carbocycles. The molecule has 40 heavy (non-hydrogen) atoms. The monoisotopic (exact) mass is 540 g/mol. The second-order valence-electron chi connectivity index (χ2n) is 8.33. The van der Waals surface area contributed by atoms with E-state index in [9.17, 15) is 9.59 Å². The van der Waals surface area contributed by atoms with Crippen LogP contribution >= 0.6 is 0 Å². The van der Waals surface area contributed by atoms with Crippen molar-refractivity contribution in [2.75, 3.05) is 26.4 Å². The van der Waals surface area contributed by atoms with Gasteiger partial charge in [-0.1, -0.05) is 84.9 Å². The van der Waals surface area contributed by atoms with Crippen LogP contribution in [0.5, 0.6) is 0 Å². The molecule has 0 saturated heterocycles. The molecule has 0 fully saturated rings. The second kappa shape index (κ2) is 15.3. The van der Waals surface area contributed by atoms with Gasteiger partial charge in [0.2, 0.25) is 0 Å². The number of rotatable bonds is 14. The summed E-state index contributed by atoms with van der Waals surface area (Å²) in [5, 5.41) is 0. The molecule has 0 bridgehead atoms. The Morgan fingerprint density at radius 2 is 0.900 bits per heavy atom. The molecular formula is C32H28O8. The maximum Gasteiger partial charge on any atom is 0.373 e. The zero-order valence-electron chi connectivity index (χ0n) is 21.7. The molecule has 0 unspecified atom stereocenters. The molecule has 0 atom stereocenters. The van der Waals surface area contributed by atoms with Crippen LogP contribution in [0.3, 0.4) is 0 Å². The van der Waals surface area contributed by atoms with Crippen molar-refractivity contribution in [3.05, 3.63) is 134 Å². The molecule has 8 heteroatoms. The van der Waals surface area contributed by atoms with Crippen molar-refractivity contribution in [3.8, 4) is 22.3 Å². The van der Waals surface area contributed by atoms with Crippen LogP contribution in [-0.4, -0.2) is 38.4 Å². The summed E-state index contributed by atoms with van der Waals surface area (Å²) in [7, 11) is 0. The highest BCUT2D eigenvalue weighted by Gasteiger charge is 2.22. The third-order valence-corrected chi connectivity index (χ3v) is 5.61. The van der Waals surface area contributed by atoms with Crippen LogP contribution in [-0.2, 0) is 29.0 Å². The summed E-state index contributed by atoms with van der Waals surface area (Å²) in [5.74, 6) is -1.55. The number of carbonyl (C=O) groups excluding carboxylic acids is 2. The molecule has 0 saturated carbocycles. The number of hydrogen-bond acceptors (Lipinski definition) is 8. The number of ether oxygens (including phenoxy) is 2. The molecule has 8 nitrogen and oxygen atoms in total. The molecule has 0 heterocycles. The third-order valence-electron chi connectivity index (χ3n) is 5.61. The standard InChI is InChI=1S/C32H28O8/c1-2-35-21-22-36-23-30(37-39-31(33)28-17-13-26(14-18-28)24-9-5-3-6-10-24)38-40-32(34)29-19-15-27(16-20-29)25-11-7-4-8-12-25/h3-20H,1-2,21-23H2. The second-order valence-corrected chi connectivity index (χ2v) is 8.33. The fraction of sp³-hybridized carbons (Fsp3) is 0.125. The topological polar surface area (TPSA) is 89.5 Å². The van der Waals surface area contributed by atoms with Crippen molar-refractivity contribution in [1.82, 2.24) is 0 Å². The Balaban J connectivity index is 1.32. The fourth-order valence-electron chi connectivity index (χ4n) is 3.56. The van der Waals surface area contributed by atoms with Gasteiger partial charge in [-0.15, -0.1) is 9.78 Å². The van der Waals surface area contributed by atoms with Crippen molar-refractivity contribution in [3.63, 3.8) is 0 Å². The predicted molar refractivity (Wildman–Crippen MR) is 147 cm³/mol. The Labute approximate surface area is 232 Å². The highest BCUT2D eigenvalue weighted by molar-refractivity contribution is 5.90. The molecule has 0 aromatic heterocycles. The summed E-state index contributed by atoms with van der Waals surface area (Å²) in [6, 6.07) is 33.1. The maximum atomic E-state index is 12.5. The number of benzene rings is 4. The molecule has 0 amide bonds. The SMILES string of the molecule is [CH2]COCCOC[C](OOC(=O)c1ccc(-c2ccccc2)cc1)OOC(=O)c1ccc(-c2ccccc2)cc1. The van der Waals surface area contributed by atoms with Crippen LogP contribution in [0, 0.1) is 13.2 Å². The van der Waals surface area contributed by atoms with Crippen LogP contribution in [0.4, 0.5) is 0 Å². The van der Waals surface area contributed by atoms with E-state index in [0.717, 1.165) is 22.3 Å². The van der Waals surface area contributed by atoms with E-state index in [2.05, 4.69) is 6.92 Å². The number of carbonyl (C=O) groups is 2. The van der Waals surface area contributed by atoms with E-state index in [1.165, 1.54) is 0 Å². The smallest absolute Gasteiger partial charge is 0.373 e. The van der Waals surface area contributed by atoms with Gasteiger partial charge >= 0.3 is 18.2 Å². The molecular weight excluding hydrogens is 512 g/mol. The summed E-state index contributed by atoms with van der Waals surface area (Å²) < 4.78 is 10.5. The van der Waals surface area contributed by atoms with E-state index in [4.69, 9.17) is 29.0 Å². The minimum absolute atomic E-state index is 0.176. The first-order valence-electron chi connectivity index (χ1n) is 12.5. The Kier molecular flexibility index (Phi) is 11.0. The highest BCUT2D eigenvalue weighted by atomic mass is 17.3. The third kappa shape index (κ3) is 8.59. The van der Waals surface area contributed by atoms with Gasteiger partial charge in [0.05, 0.1) is 24.3 Å². The molecule has 4 rings (SSSR count). The van der Waals surface area contributed by atoms with Crippen molar-refractivity contribution in [2.45, 2.75) is 0 Å². The van der Waals surface area contributed by atoms with Gasteiger partial charge in [0.1, 0.15) is 6.61 Å². The summed E-state index contributed by atoms with van der Waals surface area (Å²) in [4.78, 5) is 44.9. The Hall–Kier alpha value is -4.34. The zero-order chi connectivity index (χ0) is 28.0. The van der Waals surface area contributed by atoms with E-state index in [1.807, 2.05) is 60.7 Å². The van der Waals surface area contributed by atoms with Crippen molar-refractivity contribution < 1.29 is 38.6 Å². The predicted octanol–water partition coefficient (Wildman–Crippen LogP) is 6.25. The lowest BCUT2D eigenvalue weighted by Crippen LogP contribution is -2.21. The van der Waals surface area contributed by atoms with Crippen LogP contribution in [0.2, 0.25) is 0 Å². The quantitative estimate of drug-likeness (QED) is 0.105. The van der Waals surface area contributed by atoms with Crippen LogP contribution in [0.1, 0.15) is 20.7 Å². The van der Waals surface area contributed by atoms with Crippen molar-refractivity contribution in [1.29, 1.82) is 0 Å². The highest BCUT2D eigenvalue weighted by Crippen LogP contribution is 2.21. The van der Waals surface area contributed by atoms with Crippen molar-refractivity contribution >= 4 is 11.9 Å². The Morgan fingerprint density at radius 3 is 1.32 bits per heavy atom. The lowest BCUT2D eigenvalue weighted by molar-refractivity contribution is -0.368. The summed E-state index contributed by atoms with van der Waals surface area (Å²) in [5.41, 5.74) is 4.41. The Morgan fingerprint density at radius 1 is 0.500 bits per heavy atom. The minimum Gasteiger partial charge on any atom is -0.379 e. The van der Waals surface area contributed by atoms with Crippen LogP contribution in [0.15, 0.2) is 109 Å². The van der Waals surface area contributed by atoms with E-state index >= 15 is 0 Å². The van der Waals surface area contributed by atoms with E-state index in [1.54, 1.807) is 48.5 Å². The fourth-order valence-corrected chi connectivity index (χ4v) is 3.56. The van der Waals surface area contributed by atoms with Crippen LogP contribution < -0.4 is 0 Å². The largest absolute Gasteiger partial charge is 0.379 e. The van der Waals surface area contributed by atoms with Gasteiger partial charge in [-0.3, -0.25) is 9.78 Å². The average molecular weight is 541 g/mol. The first-order valence-corrected chi connectivity index (χ1v) is 12.5. The van der Waals surface area contributed by atoms with Gasteiger partial charge in [-0.25, -0.2) is 9.59 Å². The number of hydrogen-bond donors (Lipinski definition) is 0. The maximum absolute atomic E-state index is 12.5. The molecule has 4 aromatic rings. The Bertz CT molecular complexity index is 1220. The van der Waals surface area contributed by atoms with E-state index in [-0.39, 0.29) is 37.6 Å². The van der Waals surface area contributed by atoms with Gasteiger partial charge in [-0.2, -0.15) is 0 Å². The minimum atomic E-state index is -0.774. The first kappa shape index (κ1) is 28.7. The van der Waals surface area contributed by atoms with E-state index < -0.39 is 18.2 Å².